The van der Waals surface area contributed by atoms with Gasteiger partial charge in [-0.1, -0.05) is 46.8 Å². The predicted octanol–water partition coefficient (Wildman–Crippen LogP) is 6.51. The lowest BCUT2D eigenvalue weighted by Crippen LogP contribution is -2.38. The Morgan fingerprint density at radius 1 is 1.07 bits per heavy atom. The summed E-state index contributed by atoms with van der Waals surface area (Å²) in [6.07, 6.45) is 2.13. The minimum atomic E-state index is 0.0903. The van der Waals surface area contributed by atoms with Gasteiger partial charge in [-0.2, -0.15) is 0 Å². The van der Waals surface area contributed by atoms with Crippen LogP contribution in [0.5, 0.6) is 0 Å². The zero-order valence-electron chi connectivity index (χ0n) is 20.0. The van der Waals surface area contributed by atoms with Crippen molar-refractivity contribution in [1.82, 2.24) is 9.80 Å². The molecule has 0 saturated heterocycles. The number of carbonyl (C=O) groups excluding carboxylic acids is 1. The molecular formula is C26H40N2OS. The van der Waals surface area contributed by atoms with E-state index in [-0.39, 0.29) is 17.4 Å². The maximum atomic E-state index is 13.5. The van der Waals surface area contributed by atoms with E-state index in [9.17, 15) is 4.79 Å². The molecule has 0 aliphatic rings. The maximum absolute atomic E-state index is 13.5. The molecule has 0 aliphatic heterocycles. The molecule has 1 aromatic heterocycles. The average molecular weight is 429 g/mol. The van der Waals surface area contributed by atoms with Crippen LogP contribution in [0.25, 0.3) is 0 Å². The zero-order valence-corrected chi connectivity index (χ0v) is 20.8. The van der Waals surface area contributed by atoms with Crippen molar-refractivity contribution in [3.05, 3.63) is 57.3 Å². The van der Waals surface area contributed by atoms with E-state index in [2.05, 4.69) is 81.8 Å². The normalized spacial score (nSPS) is 12.9. The van der Waals surface area contributed by atoms with E-state index in [0.717, 1.165) is 38.0 Å². The third-order valence-electron chi connectivity index (χ3n) is 6.06. The van der Waals surface area contributed by atoms with Crippen LogP contribution < -0.4 is 0 Å². The fourth-order valence-corrected chi connectivity index (χ4v) is 4.64. The Morgan fingerprint density at radius 2 is 1.70 bits per heavy atom. The van der Waals surface area contributed by atoms with Crippen molar-refractivity contribution in [3.63, 3.8) is 0 Å². The molecule has 0 saturated carbocycles. The van der Waals surface area contributed by atoms with Crippen LogP contribution in [-0.2, 0) is 12.0 Å². The molecule has 0 aliphatic carbocycles. The molecule has 0 N–H and O–H groups in total. The Morgan fingerprint density at radius 3 is 2.20 bits per heavy atom. The first-order chi connectivity index (χ1) is 14.2. The Balaban J connectivity index is 2.17. The molecular weight excluding hydrogens is 388 g/mol. The summed E-state index contributed by atoms with van der Waals surface area (Å²) in [5, 5.41) is 2.12. The number of carbonyl (C=O) groups is 1. The minimum absolute atomic E-state index is 0.0903. The van der Waals surface area contributed by atoms with E-state index in [1.807, 2.05) is 12.1 Å². The van der Waals surface area contributed by atoms with Gasteiger partial charge in [-0.05, 0) is 86.4 Å². The van der Waals surface area contributed by atoms with E-state index >= 15 is 0 Å². The van der Waals surface area contributed by atoms with Crippen LogP contribution in [0.1, 0.15) is 80.7 Å². The lowest BCUT2D eigenvalue weighted by molar-refractivity contribution is 0.0664. The molecule has 0 spiro atoms. The van der Waals surface area contributed by atoms with E-state index in [0.29, 0.717) is 6.54 Å². The highest BCUT2D eigenvalue weighted by molar-refractivity contribution is 7.10. The molecule has 1 unspecified atom stereocenters. The summed E-state index contributed by atoms with van der Waals surface area (Å²) in [7, 11) is 0. The van der Waals surface area contributed by atoms with Crippen molar-refractivity contribution in [2.45, 2.75) is 79.3 Å². The topological polar surface area (TPSA) is 23.6 Å². The number of thiophene rings is 1. The van der Waals surface area contributed by atoms with Gasteiger partial charge in [-0.25, -0.2) is 0 Å². The first-order valence-electron chi connectivity index (χ1n) is 11.3. The molecule has 0 radical (unpaired) electrons. The summed E-state index contributed by atoms with van der Waals surface area (Å²) in [6, 6.07) is 10.6. The smallest absolute Gasteiger partial charge is 0.254 e. The van der Waals surface area contributed by atoms with Gasteiger partial charge in [-0.15, -0.1) is 11.3 Å². The minimum Gasteiger partial charge on any atom is -0.331 e. The second-order valence-electron chi connectivity index (χ2n) is 9.31. The van der Waals surface area contributed by atoms with Crippen molar-refractivity contribution >= 4 is 17.2 Å². The number of rotatable bonds is 10. The molecule has 1 heterocycles. The summed E-state index contributed by atoms with van der Waals surface area (Å²) in [5.74, 6) is 0.138. The van der Waals surface area contributed by atoms with E-state index in [1.54, 1.807) is 11.3 Å². The van der Waals surface area contributed by atoms with Crippen LogP contribution in [0.2, 0.25) is 0 Å². The molecule has 2 rings (SSSR count). The van der Waals surface area contributed by atoms with Gasteiger partial charge < -0.3 is 9.80 Å². The summed E-state index contributed by atoms with van der Waals surface area (Å²) < 4.78 is 0. The second kappa shape index (κ2) is 11.1. The van der Waals surface area contributed by atoms with E-state index < -0.39 is 0 Å². The van der Waals surface area contributed by atoms with Gasteiger partial charge in [0.25, 0.3) is 5.91 Å². The lowest BCUT2D eigenvalue weighted by Gasteiger charge is -2.30. The van der Waals surface area contributed by atoms with Gasteiger partial charge in [-0.3, -0.25) is 4.79 Å². The highest BCUT2D eigenvalue weighted by Crippen LogP contribution is 2.25. The quantitative estimate of drug-likeness (QED) is 0.431. The maximum Gasteiger partial charge on any atom is 0.254 e. The second-order valence-corrected chi connectivity index (χ2v) is 10.3. The van der Waals surface area contributed by atoms with E-state index in [4.69, 9.17) is 0 Å². The van der Waals surface area contributed by atoms with Gasteiger partial charge in [0.1, 0.15) is 0 Å². The Kier molecular flexibility index (Phi) is 9.11. The van der Waals surface area contributed by atoms with Crippen molar-refractivity contribution in [3.8, 4) is 0 Å². The fraction of sp³-hybridized carbons (Fsp3) is 0.577. The van der Waals surface area contributed by atoms with Crippen molar-refractivity contribution in [2.75, 3.05) is 19.6 Å². The fourth-order valence-electron chi connectivity index (χ4n) is 3.73. The van der Waals surface area contributed by atoms with Crippen LogP contribution in [-0.4, -0.2) is 41.4 Å². The number of benzene rings is 1. The molecule has 1 aromatic carbocycles. The van der Waals surface area contributed by atoms with Crippen LogP contribution in [0, 0.1) is 6.92 Å². The molecule has 1 amide bonds. The molecule has 4 heteroatoms. The number of hydrogen-bond acceptors (Lipinski definition) is 3. The molecule has 2 aromatic rings. The molecule has 1 atom stereocenters. The average Bonchev–Trinajstić information content (AvgIpc) is 3.12. The molecule has 166 valence electrons. The molecule has 30 heavy (non-hydrogen) atoms. The number of aryl methyl sites for hydroxylation is 1. The lowest BCUT2D eigenvalue weighted by atomic mass is 9.86. The van der Waals surface area contributed by atoms with E-state index in [1.165, 1.54) is 16.0 Å². The van der Waals surface area contributed by atoms with Crippen molar-refractivity contribution in [1.29, 1.82) is 0 Å². The molecule has 3 nitrogen and oxygen atoms in total. The zero-order chi connectivity index (χ0) is 22.3. The number of nitrogens with zero attached hydrogens (tertiary/aromatic N) is 2. The highest BCUT2D eigenvalue weighted by atomic mass is 32.1. The van der Waals surface area contributed by atoms with Gasteiger partial charge >= 0.3 is 0 Å². The van der Waals surface area contributed by atoms with Crippen LogP contribution in [0.15, 0.2) is 35.7 Å². The van der Waals surface area contributed by atoms with Gasteiger partial charge in [0, 0.05) is 16.5 Å². The standard InChI is InChI=1S/C26H40N2OS/c1-8-27(9-2)17-10-11-21(4)28(19-24-20(3)16-18-30-24)25(29)22-12-14-23(15-13-22)26(5,6)7/h12-16,18,21H,8-11,17,19H2,1-7H3. The van der Waals surface area contributed by atoms with Crippen LogP contribution in [0.3, 0.4) is 0 Å². The summed E-state index contributed by atoms with van der Waals surface area (Å²) in [4.78, 5) is 19.3. The third-order valence-corrected chi connectivity index (χ3v) is 7.07. The van der Waals surface area contributed by atoms with Gasteiger partial charge in [0.2, 0.25) is 0 Å². The van der Waals surface area contributed by atoms with Crippen LogP contribution in [0.4, 0.5) is 0 Å². The van der Waals surface area contributed by atoms with Crippen molar-refractivity contribution in [2.24, 2.45) is 0 Å². The summed E-state index contributed by atoms with van der Waals surface area (Å²) >= 11 is 1.75. The van der Waals surface area contributed by atoms with Gasteiger partial charge in [0.05, 0.1) is 6.54 Å². The predicted molar refractivity (Wildman–Crippen MR) is 131 cm³/mol. The SMILES string of the molecule is CCN(CC)CCCC(C)N(Cc1sccc1C)C(=O)c1ccc(C(C)(C)C)cc1. The highest BCUT2D eigenvalue weighted by Gasteiger charge is 2.23. The molecule has 0 bridgehead atoms. The monoisotopic (exact) mass is 428 g/mol. The number of amides is 1. The number of hydrogen-bond donors (Lipinski definition) is 0. The Bertz CT molecular complexity index is 784. The molecule has 0 fully saturated rings. The van der Waals surface area contributed by atoms with Crippen LogP contribution >= 0.6 is 11.3 Å². The van der Waals surface area contributed by atoms with Gasteiger partial charge in [0.15, 0.2) is 0 Å². The third kappa shape index (κ3) is 6.68. The summed E-state index contributed by atoms with van der Waals surface area (Å²) in [6.45, 7) is 19.3. The first-order valence-corrected chi connectivity index (χ1v) is 12.2. The van der Waals surface area contributed by atoms with Crippen molar-refractivity contribution < 1.29 is 4.79 Å². The first kappa shape index (κ1) is 24.6. The summed E-state index contributed by atoms with van der Waals surface area (Å²) in [5.41, 5.74) is 3.41. The Hall–Kier alpha value is -1.65. The largest absolute Gasteiger partial charge is 0.331 e. The Labute approximate surface area is 188 Å².